The van der Waals surface area contributed by atoms with Crippen LogP contribution in [0.4, 0.5) is 0 Å². The first-order chi connectivity index (χ1) is 23.3. The maximum Gasteiger partial charge on any atom is 0.160 e. The van der Waals surface area contributed by atoms with Gasteiger partial charge in [-0.25, -0.2) is 4.98 Å². The Morgan fingerprint density at radius 3 is 2.04 bits per heavy atom. The zero-order chi connectivity index (χ0) is 30.9. The number of hydrogen-bond acceptors (Lipinski definition) is 2. The van der Waals surface area contributed by atoms with Gasteiger partial charge in [-0.3, -0.25) is 4.40 Å². The van der Waals surface area contributed by atoms with Crippen molar-refractivity contribution in [2.24, 2.45) is 0 Å². The molecule has 0 aliphatic rings. The molecule has 0 spiro atoms. The monoisotopic (exact) mass is 601 g/mol. The van der Waals surface area contributed by atoms with Crippen molar-refractivity contribution in [3.05, 3.63) is 164 Å². The van der Waals surface area contributed by atoms with Gasteiger partial charge in [-0.05, 0) is 59.7 Å². The third-order valence-electron chi connectivity index (χ3n) is 9.36. The highest BCUT2D eigenvalue weighted by Crippen LogP contribution is 2.41. The van der Waals surface area contributed by atoms with E-state index < -0.39 is 0 Å². The number of furan rings is 1. The van der Waals surface area contributed by atoms with Crippen molar-refractivity contribution in [1.29, 1.82) is 0 Å². The summed E-state index contributed by atoms with van der Waals surface area (Å²) in [5, 5.41) is 4.63. The van der Waals surface area contributed by atoms with Gasteiger partial charge in [-0.1, -0.05) is 109 Å². The summed E-state index contributed by atoms with van der Waals surface area (Å²) in [5.74, 6) is 0. The molecular formula is C43H27N3O. The molecule has 0 saturated carbocycles. The second-order valence-electron chi connectivity index (χ2n) is 12.0. The number of hydrogen-bond donors (Lipinski definition) is 0. The van der Waals surface area contributed by atoms with Gasteiger partial charge >= 0.3 is 0 Å². The molecule has 10 aromatic rings. The van der Waals surface area contributed by atoms with E-state index in [1.54, 1.807) is 0 Å². The molecule has 0 saturated heterocycles. The zero-order valence-corrected chi connectivity index (χ0v) is 25.3. The van der Waals surface area contributed by atoms with E-state index in [0.717, 1.165) is 72.4 Å². The van der Waals surface area contributed by atoms with E-state index in [1.165, 1.54) is 16.3 Å². The van der Waals surface area contributed by atoms with Crippen LogP contribution in [0.25, 0.3) is 88.7 Å². The predicted molar refractivity (Wildman–Crippen MR) is 193 cm³/mol. The molecule has 0 bridgehead atoms. The minimum Gasteiger partial charge on any atom is -0.454 e. The SMILES string of the molecule is c1ccc(-c2c(-c3ccc(-c4ccc5oc6c(ccc7c8ccccc8n(-c8ccccc8)c76)c5c4)cc3)nc3ccccn23)cc1. The first-order valence-corrected chi connectivity index (χ1v) is 15.9. The molecule has 4 aromatic heterocycles. The van der Waals surface area contributed by atoms with Gasteiger partial charge in [0.15, 0.2) is 5.58 Å². The lowest BCUT2D eigenvalue weighted by molar-refractivity contribution is 0.671. The normalized spacial score (nSPS) is 11.8. The van der Waals surface area contributed by atoms with Gasteiger partial charge in [-0.2, -0.15) is 0 Å². The number of rotatable bonds is 4. The summed E-state index contributed by atoms with van der Waals surface area (Å²) in [6, 6.07) is 55.5. The predicted octanol–water partition coefficient (Wildman–Crippen LogP) is 11.3. The van der Waals surface area contributed by atoms with Crippen LogP contribution < -0.4 is 0 Å². The fraction of sp³-hybridized carbons (Fsp3) is 0. The Kier molecular flexibility index (Phi) is 5.54. The summed E-state index contributed by atoms with van der Waals surface area (Å²) in [6.07, 6.45) is 2.08. The molecule has 0 aliphatic heterocycles. The van der Waals surface area contributed by atoms with Crippen LogP contribution in [-0.2, 0) is 0 Å². The standard InChI is InChI=1S/C43H27N3O/c1-3-11-30(12-4-1)41-40(44-39-17-9-10-26-45(39)41)29-20-18-28(19-21-29)31-22-25-38-36(27-31)35-24-23-34-33-15-7-8-16-37(33)46(42(34)43(35)47-38)32-13-5-2-6-14-32/h1-27H. The molecule has 4 heteroatoms. The molecule has 0 amide bonds. The molecule has 4 heterocycles. The number of benzene rings is 6. The smallest absolute Gasteiger partial charge is 0.160 e. The summed E-state index contributed by atoms with van der Waals surface area (Å²) >= 11 is 0. The highest BCUT2D eigenvalue weighted by atomic mass is 16.3. The van der Waals surface area contributed by atoms with Crippen molar-refractivity contribution < 1.29 is 4.42 Å². The van der Waals surface area contributed by atoms with Gasteiger partial charge in [0.25, 0.3) is 0 Å². The molecule has 0 N–H and O–H groups in total. The fourth-order valence-corrected chi connectivity index (χ4v) is 7.20. The summed E-state index contributed by atoms with van der Waals surface area (Å²) in [5.41, 5.74) is 12.7. The average molecular weight is 602 g/mol. The molecule has 47 heavy (non-hydrogen) atoms. The Labute approximate surface area is 270 Å². The Balaban J connectivity index is 1.11. The largest absolute Gasteiger partial charge is 0.454 e. The van der Waals surface area contributed by atoms with Crippen molar-refractivity contribution in [3.63, 3.8) is 0 Å². The maximum atomic E-state index is 6.68. The number of pyridine rings is 1. The van der Waals surface area contributed by atoms with Crippen LogP contribution in [-0.4, -0.2) is 14.0 Å². The average Bonchev–Trinajstić information content (AvgIpc) is 3.82. The van der Waals surface area contributed by atoms with E-state index in [0.29, 0.717) is 0 Å². The summed E-state index contributed by atoms with van der Waals surface area (Å²) in [4.78, 5) is 5.05. The topological polar surface area (TPSA) is 35.4 Å². The second-order valence-corrected chi connectivity index (χ2v) is 12.0. The van der Waals surface area contributed by atoms with Crippen LogP contribution in [0.1, 0.15) is 0 Å². The quantitative estimate of drug-likeness (QED) is 0.201. The van der Waals surface area contributed by atoms with Gasteiger partial charge in [0.2, 0.25) is 0 Å². The molecule has 6 aromatic carbocycles. The molecular weight excluding hydrogens is 574 g/mol. The van der Waals surface area contributed by atoms with Crippen LogP contribution in [0.3, 0.4) is 0 Å². The molecule has 220 valence electrons. The van der Waals surface area contributed by atoms with Crippen molar-refractivity contribution in [2.75, 3.05) is 0 Å². The first-order valence-electron chi connectivity index (χ1n) is 15.9. The summed E-state index contributed by atoms with van der Waals surface area (Å²) in [7, 11) is 0. The highest BCUT2D eigenvalue weighted by molar-refractivity contribution is 6.21. The number of aromatic nitrogens is 3. The highest BCUT2D eigenvalue weighted by Gasteiger charge is 2.20. The molecule has 4 nitrogen and oxygen atoms in total. The van der Waals surface area contributed by atoms with Crippen LogP contribution >= 0.6 is 0 Å². The Morgan fingerprint density at radius 1 is 0.489 bits per heavy atom. The Morgan fingerprint density at radius 2 is 1.19 bits per heavy atom. The van der Waals surface area contributed by atoms with Crippen LogP contribution in [0.2, 0.25) is 0 Å². The molecule has 0 unspecified atom stereocenters. The fourth-order valence-electron chi connectivity index (χ4n) is 7.20. The molecule has 0 radical (unpaired) electrons. The number of fused-ring (bicyclic) bond motifs is 8. The molecule has 0 aliphatic carbocycles. The van der Waals surface area contributed by atoms with Crippen molar-refractivity contribution in [3.8, 4) is 39.3 Å². The lowest BCUT2D eigenvalue weighted by Crippen LogP contribution is -1.93. The van der Waals surface area contributed by atoms with E-state index in [9.17, 15) is 0 Å². The van der Waals surface area contributed by atoms with Crippen molar-refractivity contribution >= 4 is 49.4 Å². The van der Waals surface area contributed by atoms with E-state index in [1.807, 2.05) is 12.1 Å². The Bertz CT molecular complexity index is 2770. The maximum absolute atomic E-state index is 6.68. The van der Waals surface area contributed by atoms with E-state index in [2.05, 4.69) is 161 Å². The van der Waals surface area contributed by atoms with E-state index in [4.69, 9.17) is 9.40 Å². The van der Waals surface area contributed by atoms with Gasteiger partial charge in [-0.15, -0.1) is 0 Å². The third kappa shape index (κ3) is 3.92. The number of nitrogens with zero attached hydrogens (tertiary/aromatic N) is 3. The Hall–Kier alpha value is -6.39. The molecule has 10 rings (SSSR count). The van der Waals surface area contributed by atoms with E-state index in [-0.39, 0.29) is 0 Å². The zero-order valence-electron chi connectivity index (χ0n) is 25.3. The van der Waals surface area contributed by atoms with Crippen LogP contribution in [0.5, 0.6) is 0 Å². The van der Waals surface area contributed by atoms with Gasteiger partial charge in [0, 0.05) is 44.6 Å². The molecule has 0 fully saturated rings. The van der Waals surface area contributed by atoms with Crippen molar-refractivity contribution in [1.82, 2.24) is 14.0 Å². The van der Waals surface area contributed by atoms with Gasteiger partial charge in [0.05, 0.1) is 22.4 Å². The minimum absolute atomic E-state index is 0.884. The van der Waals surface area contributed by atoms with E-state index >= 15 is 0 Å². The second kappa shape index (κ2) is 10.1. The first kappa shape index (κ1) is 25.9. The van der Waals surface area contributed by atoms with Crippen molar-refractivity contribution in [2.45, 2.75) is 0 Å². The lowest BCUT2D eigenvalue weighted by atomic mass is 9.99. The van der Waals surface area contributed by atoms with Gasteiger partial charge in [0.1, 0.15) is 11.2 Å². The minimum atomic E-state index is 0.884. The molecule has 0 atom stereocenters. The summed E-state index contributed by atoms with van der Waals surface area (Å²) in [6.45, 7) is 0. The van der Waals surface area contributed by atoms with Crippen LogP contribution in [0.15, 0.2) is 168 Å². The third-order valence-corrected chi connectivity index (χ3v) is 9.36. The number of imidazole rings is 1. The lowest BCUT2D eigenvalue weighted by Gasteiger charge is -2.07. The van der Waals surface area contributed by atoms with Gasteiger partial charge < -0.3 is 8.98 Å². The number of para-hydroxylation sites is 2. The summed E-state index contributed by atoms with van der Waals surface area (Å²) < 4.78 is 11.2. The van der Waals surface area contributed by atoms with Crippen LogP contribution in [0, 0.1) is 0 Å².